The maximum Gasteiger partial charge on any atom is 0.0769 e. The number of piperazine rings is 1. The van der Waals surface area contributed by atoms with Crippen LogP contribution in [0, 0.1) is 0 Å². The van der Waals surface area contributed by atoms with E-state index in [-0.39, 0.29) is 0 Å². The minimum Gasteiger partial charge on any atom is -0.365 e. The molecular weight excluding hydrogens is 302 g/mol. The smallest absolute Gasteiger partial charge is 0.0769 e. The number of benzene rings is 2. The molecule has 3 heterocycles. The second-order valence-corrected chi connectivity index (χ2v) is 7.74. The lowest BCUT2D eigenvalue weighted by molar-refractivity contribution is 0.292. The Kier molecular flexibility index (Phi) is 3.03. The zero-order valence-corrected chi connectivity index (χ0v) is 14.0. The molecule has 0 spiro atoms. The highest BCUT2D eigenvalue weighted by molar-refractivity contribution is 7.99. The van der Waals surface area contributed by atoms with Gasteiger partial charge in [-0.3, -0.25) is 9.89 Å². The number of fused-ring (bicyclic) bond motifs is 4. The highest BCUT2D eigenvalue weighted by Crippen LogP contribution is 2.43. The lowest BCUT2D eigenvalue weighted by Crippen LogP contribution is -2.44. The van der Waals surface area contributed by atoms with Gasteiger partial charge in [0, 0.05) is 52.4 Å². The molecule has 2 saturated heterocycles. The average Bonchev–Trinajstić information content (AvgIpc) is 3.07. The van der Waals surface area contributed by atoms with E-state index in [9.17, 15) is 0 Å². The minimum absolute atomic E-state index is 0.653. The van der Waals surface area contributed by atoms with Gasteiger partial charge in [-0.25, -0.2) is 0 Å². The molecule has 116 valence electrons. The molecule has 3 nitrogen and oxygen atoms in total. The third-order valence-electron chi connectivity index (χ3n) is 5.28. The molecule has 2 fully saturated rings. The van der Waals surface area contributed by atoms with Crippen molar-refractivity contribution in [1.29, 1.82) is 0 Å². The Morgan fingerprint density at radius 1 is 1.00 bits per heavy atom. The van der Waals surface area contributed by atoms with Gasteiger partial charge >= 0.3 is 0 Å². The highest BCUT2D eigenvalue weighted by atomic mass is 32.2. The van der Waals surface area contributed by atoms with E-state index in [0.717, 1.165) is 12.2 Å². The van der Waals surface area contributed by atoms with Gasteiger partial charge in [0.2, 0.25) is 0 Å². The summed E-state index contributed by atoms with van der Waals surface area (Å²) in [6.45, 7) is 2.32. The molecular formula is C19H19N3S. The van der Waals surface area contributed by atoms with Crippen molar-refractivity contribution in [1.82, 2.24) is 4.90 Å². The van der Waals surface area contributed by atoms with Crippen LogP contribution in [0.4, 0.5) is 11.4 Å². The molecule has 0 aromatic heterocycles. The van der Waals surface area contributed by atoms with Crippen LogP contribution >= 0.6 is 11.8 Å². The second-order valence-electron chi connectivity index (χ2n) is 6.65. The van der Waals surface area contributed by atoms with Gasteiger partial charge in [-0.1, -0.05) is 30.0 Å². The second kappa shape index (κ2) is 5.11. The first-order valence-corrected chi connectivity index (χ1v) is 9.02. The largest absolute Gasteiger partial charge is 0.365 e. The summed E-state index contributed by atoms with van der Waals surface area (Å²) in [5.74, 6) is 0. The first-order chi connectivity index (χ1) is 11.3. The summed E-state index contributed by atoms with van der Waals surface area (Å²) in [7, 11) is 2.25. The summed E-state index contributed by atoms with van der Waals surface area (Å²) in [6.07, 6.45) is 3.36. The van der Waals surface area contributed by atoms with Gasteiger partial charge in [0.05, 0.1) is 5.69 Å². The molecule has 0 N–H and O–H groups in total. The monoisotopic (exact) mass is 321 g/mol. The zero-order valence-electron chi connectivity index (χ0n) is 13.1. The van der Waals surface area contributed by atoms with Crippen molar-refractivity contribution >= 4 is 29.4 Å². The normalized spacial score (nSPS) is 25.3. The topological polar surface area (TPSA) is 18.8 Å². The molecule has 2 bridgehead atoms. The average molecular weight is 321 g/mol. The number of para-hydroxylation sites is 1. The zero-order chi connectivity index (χ0) is 15.4. The summed E-state index contributed by atoms with van der Waals surface area (Å²) in [6, 6.07) is 16.4. The third kappa shape index (κ3) is 2.12. The Hall–Kier alpha value is -1.78. The van der Waals surface area contributed by atoms with Gasteiger partial charge in [-0.15, -0.1) is 0 Å². The quantitative estimate of drug-likeness (QED) is 0.679. The van der Waals surface area contributed by atoms with Crippen molar-refractivity contribution in [2.75, 3.05) is 25.0 Å². The van der Waals surface area contributed by atoms with Crippen molar-refractivity contribution in [3.8, 4) is 0 Å². The molecule has 2 unspecified atom stereocenters. The molecule has 0 amide bonds. The van der Waals surface area contributed by atoms with E-state index in [1.165, 1.54) is 34.0 Å². The Balaban J connectivity index is 1.58. The van der Waals surface area contributed by atoms with Gasteiger partial charge in [0.15, 0.2) is 0 Å². The summed E-state index contributed by atoms with van der Waals surface area (Å²) in [4.78, 5) is 12.4. The number of hydrogen-bond donors (Lipinski definition) is 0. The fourth-order valence-electron chi connectivity index (χ4n) is 4.07. The Bertz CT molecular complexity index is 799. The van der Waals surface area contributed by atoms with E-state index in [2.05, 4.69) is 65.5 Å². The summed E-state index contributed by atoms with van der Waals surface area (Å²) in [5, 5.41) is 0. The van der Waals surface area contributed by atoms with E-state index in [1.807, 2.05) is 11.8 Å². The van der Waals surface area contributed by atoms with E-state index in [1.54, 1.807) is 0 Å². The number of nitrogens with zero attached hydrogens (tertiary/aromatic N) is 3. The van der Waals surface area contributed by atoms with Crippen LogP contribution in [0.1, 0.15) is 12.0 Å². The number of rotatable bonds is 1. The van der Waals surface area contributed by atoms with Gasteiger partial charge in [-0.2, -0.15) is 0 Å². The number of anilines is 1. The summed E-state index contributed by atoms with van der Waals surface area (Å²) >= 11 is 1.83. The number of likely N-dealkylation sites (tertiary alicyclic amines) is 1. The van der Waals surface area contributed by atoms with Crippen LogP contribution in [0.25, 0.3) is 0 Å². The van der Waals surface area contributed by atoms with E-state index in [4.69, 9.17) is 4.99 Å². The number of aliphatic imine (C=N–C) groups is 1. The lowest BCUT2D eigenvalue weighted by atomic mass is 10.1. The predicted octanol–water partition coefficient (Wildman–Crippen LogP) is 3.79. The summed E-state index contributed by atoms with van der Waals surface area (Å²) < 4.78 is 0. The first-order valence-electron chi connectivity index (χ1n) is 8.20. The molecule has 2 aromatic rings. The van der Waals surface area contributed by atoms with Crippen LogP contribution in [0.5, 0.6) is 0 Å². The molecule has 2 atom stereocenters. The maximum absolute atomic E-state index is 4.75. The molecule has 4 heteroatoms. The molecule has 0 aliphatic carbocycles. The van der Waals surface area contributed by atoms with Crippen LogP contribution in [-0.2, 0) is 0 Å². The fraction of sp³-hybridized carbons (Fsp3) is 0.316. The van der Waals surface area contributed by atoms with Crippen LogP contribution in [0.15, 0.2) is 57.2 Å². The maximum atomic E-state index is 4.75. The van der Waals surface area contributed by atoms with Gasteiger partial charge < -0.3 is 4.90 Å². The standard InChI is InChI=1S/C19H19N3S/c1-21-11-14-9-13(21)12-22(14)17-6-4-8-18-15(17)10-20-16-5-2-3-7-19(16)23-18/h2-8,10,13-14H,9,11-12H2,1H3. The van der Waals surface area contributed by atoms with Crippen molar-refractivity contribution in [3.05, 3.63) is 48.0 Å². The van der Waals surface area contributed by atoms with Crippen molar-refractivity contribution in [2.45, 2.75) is 28.3 Å². The molecule has 2 aromatic carbocycles. The van der Waals surface area contributed by atoms with Gasteiger partial charge in [0.1, 0.15) is 0 Å². The van der Waals surface area contributed by atoms with Crippen LogP contribution in [-0.4, -0.2) is 43.3 Å². The molecule has 0 radical (unpaired) electrons. The van der Waals surface area contributed by atoms with Crippen LogP contribution < -0.4 is 4.90 Å². The lowest BCUT2D eigenvalue weighted by Gasteiger charge is -2.34. The van der Waals surface area contributed by atoms with Crippen molar-refractivity contribution < 1.29 is 0 Å². The molecule has 3 aliphatic heterocycles. The summed E-state index contributed by atoms with van der Waals surface area (Å²) in [5.41, 5.74) is 3.71. The number of hydrogen-bond acceptors (Lipinski definition) is 4. The SMILES string of the molecule is CN1CC2CC1CN2c1cccc2c1C=Nc1ccccc1S2. The van der Waals surface area contributed by atoms with Crippen LogP contribution in [0.3, 0.4) is 0 Å². The highest BCUT2D eigenvalue weighted by Gasteiger charge is 2.42. The molecule has 5 rings (SSSR count). The molecule has 3 aliphatic rings. The Morgan fingerprint density at radius 3 is 2.70 bits per heavy atom. The Morgan fingerprint density at radius 2 is 1.87 bits per heavy atom. The van der Waals surface area contributed by atoms with E-state index >= 15 is 0 Å². The Labute approximate surface area is 141 Å². The van der Waals surface area contributed by atoms with E-state index in [0.29, 0.717) is 12.1 Å². The fourth-order valence-corrected chi connectivity index (χ4v) is 5.09. The van der Waals surface area contributed by atoms with Gasteiger partial charge in [-0.05, 0) is 37.7 Å². The van der Waals surface area contributed by atoms with Crippen LogP contribution in [0.2, 0.25) is 0 Å². The third-order valence-corrected chi connectivity index (χ3v) is 6.43. The molecule has 0 saturated carbocycles. The molecule has 23 heavy (non-hydrogen) atoms. The van der Waals surface area contributed by atoms with Gasteiger partial charge in [0.25, 0.3) is 0 Å². The predicted molar refractivity (Wildman–Crippen MR) is 96.4 cm³/mol. The number of likely N-dealkylation sites (N-methyl/N-ethyl adjacent to an activating group) is 1. The first kappa shape index (κ1) is 13.6. The van der Waals surface area contributed by atoms with Crippen molar-refractivity contribution in [3.63, 3.8) is 0 Å². The van der Waals surface area contributed by atoms with E-state index < -0.39 is 0 Å². The van der Waals surface area contributed by atoms with Crippen molar-refractivity contribution in [2.24, 2.45) is 4.99 Å². The minimum atomic E-state index is 0.653.